The maximum absolute atomic E-state index is 13.0. The van der Waals surface area contributed by atoms with Gasteiger partial charge in [0.05, 0.1) is 11.8 Å². The number of hydrogen-bond donors (Lipinski definition) is 1. The highest BCUT2D eigenvalue weighted by atomic mass is 32.2. The Morgan fingerprint density at radius 3 is 2.65 bits per heavy atom. The van der Waals surface area contributed by atoms with Crippen LogP contribution in [0.5, 0.6) is 0 Å². The van der Waals surface area contributed by atoms with Crippen LogP contribution in [0.25, 0.3) is 0 Å². The summed E-state index contributed by atoms with van der Waals surface area (Å²) in [5.74, 6) is -0.560. The SMILES string of the molecule is CC(C)(C)OC(=O)N[C@@H](CSCC(=O)OCc1ccccc1)C(=O)N1CCC[C@H]1C#N. The molecule has 1 aliphatic rings. The smallest absolute Gasteiger partial charge is 0.408 e. The summed E-state index contributed by atoms with van der Waals surface area (Å²) in [6.07, 6.45) is 0.633. The Labute approximate surface area is 187 Å². The third kappa shape index (κ3) is 8.50. The van der Waals surface area contributed by atoms with E-state index in [1.54, 1.807) is 20.8 Å². The van der Waals surface area contributed by atoms with Crippen LogP contribution in [0.2, 0.25) is 0 Å². The molecule has 0 aromatic heterocycles. The van der Waals surface area contributed by atoms with Crippen molar-refractivity contribution in [2.45, 2.75) is 57.9 Å². The molecule has 8 nitrogen and oxygen atoms in total. The molecule has 0 unspecified atom stereocenters. The van der Waals surface area contributed by atoms with E-state index in [4.69, 9.17) is 9.47 Å². The number of benzene rings is 1. The van der Waals surface area contributed by atoms with Crippen molar-refractivity contribution in [3.63, 3.8) is 0 Å². The monoisotopic (exact) mass is 447 g/mol. The van der Waals surface area contributed by atoms with Crippen LogP contribution in [-0.4, -0.2) is 58.6 Å². The summed E-state index contributed by atoms with van der Waals surface area (Å²) in [5.41, 5.74) is 0.173. The normalized spacial score (nSPS) is 16.8. The number of hydrogen-bond acceptors (Lipinski definition) is 7. The Bertz CT molecular complexity index is 804. The molecular formula is C22H29N3O5S. The van der Waals surface area contributed by atoms with Gasteiger partial charge in [0, 0.05) is 12.3 Å². The Balaban J connectivity index is 1.91. The van der Waals surface area contributed by atoms with Gasteiger partial charge in [-0.1, -0.05) is 30.3 Å². The molecule has 1 saturated heterocycles. The number of nitriles is 1. The maximum atomic E-state index is 13.0. The number of carbonyl (C=O) groups is 3. The lowest BCUT2D eigenvalue weighted by Crippen LogP contribution is -2.52. The summed E-state index contributed by atoms with van der Waals surface area (Å²) in [6.45, 7) is 5.83. The molecule has 9 heteroatoms. The number of nitrogens with zero attached hydrogens (tertiary/aromatic N) is 2. The van der Waals surface area contributed by atoms with Gasteiger partial charge in [-0.25, -0.2) is 4.79 Å². The number of carbonyl (C=O) groups excluding carboxylic acids is 3. The molecule has 31 heavy (non-hydrogen) atoms. The molecule has 2 atom stereocenters. The topological polar surface area (TPSA) is 109 Å². The third-order valence-corrected chi connectivity index (χ3v) is 5.43. The van der Waals surface area contributed by atoms with Gasteiger partial charge in [0.2, 0.25) is 5.91 Å². The van der Waals surface area contributed by atoms with Crippen LogP contribution in [0.4, 0.5) is 4.79 Å². The number of likely N-dealkylation sites (tertiary alicyclic amines) is 1. The van der Waals surface area contributed by atoms with Crippen LogP contribution in [0.1, 0.15) is 39.2 Å². The van der Waals surface area contributed by atoms with Gasteiger partial charge < -0.3 is 19.7 Å². The molecule has 1 aromatic rings. The Hall–Kier alpha value is -2.73. The van der Waals surface area contributed by atoms with Gasteiger partial charge in [0.25, 0.3) is 0 Å². The summed E-state index contributed by atoms with van der Waals surface area (Å²) in [6, 6.07) is 10.1. The molecule has 0 saturated carbocycles. The number of amides is 2. The second kappa shape index (κ2) is 11.6. The Morgan fingerprint density at radius 2 is 2.00 bits per heavy atom. The zero-order chi connectivity index (χ0) is 22.9. The fourth-order valence-electron chi connectivity index (χ4n) is 3.03. The first-order chi connectivity index (χ1) is 14.7. The minimum Gasteiger partial charge on any atom is -0.460 e. The minimum absolute atomic E-state index is 0.0360. The number of esters is 1. The molecule has 2 rings (SSSR count). The number of thioether (sulfide) groups is 1. The standard InChI is InChI=1S/C22H29N3O5S/c1-22(2,3)30-21(28)24-18(20(27)25-11-7-10-17(25)12-23)14-31-15-19(26)29-13-16-8-5-4-6-9-16/h4-6,8-9,17-18H,7,10-11,13-15H2,1-3H3,(H,24,28)/t17-,18-/m0/s1. The third-order valence-electron chi connectivity index (χ3n) is 4.42. The zero-order valence-corrected chi connectivity index (χ0v) is 18.9. The second-order valence-electron chi connectivity index (χ2n) is 8.18. The number of ether oxygens (including phenoxy) is 2. The fourth-order valence-corrected chi connectivity index (χ4v) is 3.86. The summed E-state index contributed by atoms with van der Waals surface area (Å²) in [4.78, 5) is 38.7. The molecule has 168 valence electrons. The Kier molecular flexibility index (Phi) is 9.19. The van der Waals surface area contributed by atoms with Crippen LogP contribution >= 0.6 is 11.8 Å². The predicted octanol–water partition coefficient (Wildman–Crippen LogP) is 2.87. The molecule has 1 heterocycles. The highest BCUT2D eigenvalue weighted by molar-refractivity contribution is 8.00. The van der Waals surface area contributed by atoms with Crippen molar-refractivity contribution in [3.05, 3.63) is 35.9 Å². The zero-order valence-electron chi connectivity index (χ0n) is 18.1. The quantitative estimate of drug-likeness (QED) is 0.610. The van der Waals surface area contributed by atoms with E-state index in [9.17, 15) is 19.6 Å². The van der Waals surface area contributed by atoms with E-state index < -0.39 is 29.7 Å². The van der Waals surface area contributed by atoms with E-state index in [0.717, 1.165) is 12.0 Å². The average Bonchev–Trinajstić information content (AvgIpc) is 3.19. The van der Waals surface area contributed by atoms with Gasteiger partial charge in [-0.2, -0.15) is 5.26 Å². The molecule has 0 aliphatic carbocycles. The van der Waals surface area contributed by atoms with Crippen molar-refractivity contribution in [1.82, 2.24) is 10.2 Å². The summed E-state index contributed by atoms with van der Waals surface area (Å²) >= 11 is 1.19. The molecule has 2 amide bonds. The lowest BCUT2D eigenvalue weighted by molar-refractivity contribution is -0.141. The first kappa shape index (κ1) is 24.5. The lowest BCUT2D eigenvalue weighted by atomic mass is 10.2. The average molecular weight is 448 g/mol. The van der Waals surface area contributed by atoms with Gasteiger partial charge in [-0.3, -0.25) is 9.59 Å². The fraction of sp³-hybridized carbons (Fsp3) is 0.545. The highest BCUT2D eigenvalue weighted by Gasteiger charge is 2.34. The molecule has 0 spiro atoms. The molecule has 0 radical (unpaired) electrons. The largest absolute Gasteiger partial charge is 0.460 e. The second-order valence-corrected chi connectivity index (χ2v) is 9.21. The van der Waals surface area contributed by atoms with Crippen molar-refractivity contribution in [1.29, 1.82) is 5.26 Å². The van der Waals surface area contributed by atoms with E-state index in [-0.39, 0.29) is 24.0 Å². The van der Waals surface area contributed by atoms with Gasteiger partial charge in [0.1, 0.15) is 24.3 Å². The summed E-state index contributed by atoms with van der Waals surface area (Å²) in [5, 5.41) is 11.9. The number of nitrogens with one attached hydrogen (secondary N) is 1. The number of rotatable bonds is 8. The molecule has 1 fully saturated rings. The minimum atomic E-state index is -0.907. The van der Waals surface area contributed by atoms with Crippen molar-refractivity contribution >= 4 is 29.7 Å². The summed E-state index contributed by atoms with van der Waals surface area (Å²) < 4.78 is 10.5. The van der Waals surface area contributed by atoms with E-state index in [1.165, 1.54) is 16.7 Å². The van der Waals surface area contributed by atoms with Crippen LogP contribution in [-0.2, 0) is 25.7 Å². The molecule has 0 bridgehead atoms. The van der Waals surface area contributed by atoms with E-state index in [0.29, 0.717) is 13.0 Å². The first-order valence-corrected chi connectivity index (χ1v) is 11.3. The Morgan fingerprint density at radius 1 is 1.29 bits per heavy atom. The van der Waals surface area contributed by atoms with Crippen molar-refractivity contribution in [3.8, 4) is 6.07 Å². The van der Waals surface area contributed by atoms with Crippen molar-refractivity contribution < 1.29 is 23.9 Å². The van der Waals surface area contributed by atoms with Crippen molar-refractivity contribution in [2.24, 2.45) is 0 Å². The molecule has 1 N–H and O–H groups in total. The molecule has 1 aliphatic heterocycles. The van der Waals surface area contributed by atoms with Gasteiger partial charge in [-0.05, 0) is 39.2 Å². The van der Waals surface area contributed by atoms with Crippen LogP contribution in [0, 0.1) is 11.3 Å². The van der Waals surface area contributed by atoms with Crippen LogP contribution in [0.15, 0.2) is 30.3 Å². The van der Waals surface area contributed by atoms with E-state index in [2.05, 4.69) is 11.4 Å². The van der Waals surface area contributed by atoms with Gasteiger partial charge in [-0.15, -0.1) is 11.8 Å². The first-order valence-electron chi connectivity index (χ1n) is 10.2. The van der Waals surface area contributed by atoms with Gasteiger partial charge >= 0.3 is 12.1 Å². The van der Waals surface area contributed by atoms with E-state index >= 15 is 0 Å². The lowest BCUT2D eigenvalue weighted by Gasteiger charge is -2.27. The highest BCUT2D eigenvalue weighted by Crippen LogP contribution is 2.19. The molecule has 1 aromatic carbocycles. The maximum Gasteiger partial charge on any atom is 0.408 e. The van der Waals surface area contributed by atoms with Crippen LogP contribution in [0.3, 0.4) is 0 Å². The van der Waals surface area contributed by atoms with Crippen molar-refractivity contribution in [2.75, 3.05) is 18.1 Å². The summed E-state index contributed by atoms with van der Waals surface area (Å²) in [7, 11) is 0. The van der Waals surface area contributed by atoms with Gasteiger partial charge in [0.15, 0.2) is 0 Å². The van der Waals surface area contributed by atoms with E-state index in [1.807, 2.05) is 30.3 Å². The molecular weight excluding hydrogens is 418 g/mol. The number of alkyl carbamates (subject to hydrolysis) is 1. The predicted molar refractivity (Wildman–Crippen MR) is 117 cm³/mol. The van der Waals surface area contributed by atoms with Crippen LogP contribution < -0.4 is 5.32 Å².